The molecule has 0 aliphatic rings. The Hall–Kier alpha value is -1.44. The molecule has 0 saturated heterocycles. The molecule has 0 radical (unpaired) electrons. The summed E-state index contributed by atoms with van der Waals surface area (Å²) in [5.41, 5.74) is 0. The van der Waals surface area contributed by atoms with Gasteiger partial charge in [-0.15, -0.1) is 0 Å². The van der Waals surface area contributed by atoms with Crippen LogP contribution in [0.3, 0.4) is 0 Å². The van der Waals surface area contributed by atoms with Gasteiger partial charge in [0.1, 0.15) is 0 Å². The van der Waals surface area contributed by atoms with Crippen LogP contribution in [0, 0.1) is 5.41 Å². The standard InChI is InChI=1S/C13H26N4O3S/c1-5-7-9-16(10-8-6-2)13(19)17(11(14)20-3)12(18)15-21-4/h14H,5-10H2,1-4H3,(H,15,18). The normalized spacial score (nSPS) is 9.90. The smallest absolute Gasteiger partial charge is 0.343 e. The molecule has 21 heavy (non-hydrogen) atoms. The summed E-state index contributed by atoms with van der Waals surface area (Å²) in [6.45, 7) is 5.21. The number of ether oxygens (including phenoxy) is 1. The highest BCUT2D eigenvalue weighted by atomic mass is 32.2. The van der Waals surface area contributed by atoms with E-state index in [9.17, 15) is 9.59 Å². The highest BCUT2D eigenvalue weighted by Gasteiger charge is 2.30. The first-order chi connectivity index (χ1) is 10.0. The van der Waals surface area contributed by atoms with E-state index in [2.05, 4.69) is 4.72 Å². The third-order valence-corrected chi connectivity index (χ3v) is 3.19. The van der Waals surface area contributed by atoms with Crippen molar-refractivity contribution in [3.8, 4) is 0 Å². The molecule has 0 saturated carbocycles. The quantitative estimate of drug-likeness (QED) is 0.429. The SMILES string of the molecule is CCCCN(CCCC)C(=O)N(C(=N)OC)C(=O)NSC. The number of amides is 4. The zero-order chi connectivity index (χ0) is 16.3. The summed E-state index contributed by atoms with van der Waals surface area (Å²) >= 11 is 1.07. The van der Waals surface area contributed by atoms with E-state index >= 15 is 0 Å². The van der Waals surface area contributed by atoms with Crippen molar-refractivity contribution in [3.05, 3.63) is 0 Å². The lowest BCUT2D eigenvalue weighted by atomic mass is 10.3. The first-order valence-electron chi connectivity index (χ1n) is 7.07. The van der Waals surface area contributed by atoms with Gasteiger partial charge in [-0.1, -0.05) is 38.6 Å². The molecular weight excluding hydrogens is 292 g/mol. The van der Waals surface area contributed by atoms with Crippen LogP contribution < -0.4 is 4.72 Å². The van der Waals surface area contributed by atoms with Crippen molar-refractivity contribution >= 4 is 30.0 Å². The first kappa shape index (κ1) is 19.6. The molecule has 2 N–H and O–H groups in total. The van der Waals surface area contributed by atoms with Gasteiger partial charge < -0.3 is 9.64 Å². The Bertz CT molecular complexity index is 344. The maximum Gasteiger partial charge on any atom is 0.343 e. The minimum atomic E-state index is -0.669. The Morgan fingerprint density at radius 3 is 2.10 bits per heavy atom. The van der Waals surface area contributed by atoms with Crippen LogP contribution in [0.1, 0.15) is 39.5 Å². The Kier molecular flexibility index (Phi) is 10.5. The van der Waals surface area contributed by atoms with E-state index in [0.29, 0.717) is 13.1 Å². The second kappa shape index (κ2) is 11.2. The van der Waals surface area contributed by atoms with E-state index < -0.39 is 18.1 Å². The largest absolute Gasteiger partial charge is 0.468 e. The van der Waals surface area contributed by atoms with Crippen LogP contribution in [0.5, 0.6) is 0 Å². The number of rotatable bonds is 7. The van der Waals surface area contributed by atoms with Gasteiger partial charge in [0.2, 0.25) is 0 Å². The minimum Gasteiger partial charge on any atom is -0.468 e. The second-order valence-corrected chi connectivity index (χ2v) is 5.05. The van der Waals surface area contributed by atoms with E-state index in [4.69, 9.17) is 10.1 Å². The van der Waals surface area contributed by atoms with Gasteiger partial charge in [0.25, 0.3) is 0 Å². The first-order valence-corrected chi connectivity index (χ1v) is 8.30. The number of imide groups is 1. The topological polar surface area (TPSA) is 85.7 Å². The molecule has 0 heterocycles. The highest BCUT2D eigenvalue weighted by Crippen LogP contribution is 2.07. The Morgan fingerprint density at radius 2 is 1.71 bits per heavy atom. The molecule has 0 aromatic heterocycles. The molecular formula is C13H26N4O3S. The van der Waals surface area contributed by atoms with Crippen LogP contribution in [-0.2, 0) is 4.74 Å². The number of hydrogen-bond donors (Lipinski definition) is 2. The van der Waals surface area contributed by atoms with Crippen molar-refractivity contribution in [2.75, 3.05) is 26.5 Å². The fraction of sp³-hybridized carbons (Fsp3) is 0.769. The molecule has 0 aliphatic heterocycles. The number of urea groups is 2. The molecule has 0 unspecified atom stereocenters. The summed E-state index contributed by atoms with van der Waals surface area (Å²) in [5, 5.41) is 7.67. The molecule has 8 heteroatoms. The summed E-state index contributed by atoms with van der Waals surface area (Å²) in [6, 6.07) is -1.67. The number of amidine groups is 1. The molecule has 0 atom stereocenters. The zero-order valence-corrected chi connectivity index (χ0v) is 14.1. The van der Waals surface area contributed by atoms with Gasteiger partial charge in [-0.2, -0.15) is 4.90 Å². The fourth-order valence-corrected chi connectivity index (χ4v) is 1.90. The summed E-state index contributed by atoms with van der Waals surface area (Å²) in [7, 11) is 1.26. The molecule has 0 spiro atoms. The maximum atomic E-state index is 12.5. The Balaban J connectivity index is 5.07. The van der Waals surface area contributed by atoms with Crippen molar-refractivity contribution in [2.45, 2.75) is 39.5 Å². The van der Waals surface area contributed by atoms with Crippen molar-refractivity contribution < 1.29 is 14.3 Å². The molecule has 0 aromatic carbocycles. The molecule has 122 valence electrons. The molecule has 0 bridgehead atoms. The van der Waals surface area contributed by atoms with E-state index in [1.54, 1.807) is 11.2 Å². The van der Waals surface area contributed by atoms with E-state index in [0.717, 1.165) is 42.5 Å². The van der Waals surface area contributed by atoms with Crippen molar-refractivity contribution in [1.82, 2.24) is 14.5 Å². The third kappa shape index (κ3) is 6.70. The summed E-state index contributed by atoms with van der Waals surface area (Å²) in [4.78, 5) is 26.8. The van der Waals surface area contributed by atoms with Crippen molar-refractivity contribution in [2.24, 2.45) is 0 Å². The average molecular weight is 318 g/mol. The van der Waals surface area contributed by atoms with Gasteiger partial charge >= 0.3 is 18.1 Å². The van der Waals surface area contributed by atoms with Crippen LogP contribution >= 0.6 is 11.9 Å². The van der Waals surface area contributed by atoms with Gasteiger partial charge in [-0.05, 0) is 12.8 Å². The number of methoxy groups -OCH3 is 1. The van der Waals surface area contributed by atoms with Crippen LogP contribution in [0.15, 0.2) is 0 Å². The van der Waals surface area contributed by atoms with E-state index in [-0.39, 0.29) is 0 Å². The number of carbonyl (C=O) groups is 2. The number of unbranched alkanes of at least 4 members (excludes halogenated alkanes) is 2. The molecule has 7 nitrogen and oxygen atoms in total. The highest BCUT2D eigenvalue weighted by molar-refractivity contribution is 7.97. The van der Waals surface area contributed by atoms with Gasteiger partial charge in [0, 0.05) is 19.3 Å². The lowest BCUT2D eigenvalue weighted by molar-refractivity contribution is 0.164. The lowest BCUT2D eigenvalue weighted by Crippen LogP contribution is -2.52. The number of nitrogens with one attached hydrogen (secondary N) is 2. The predicted molar refractivity (Wildman–Crippen MR) is 85.4 cm³/mol. The lowest BCUT2D eigenvalue weighted by Gasteiger charge is -2.28. The number of nitrogens with zero attached hydrogens (tertiary/aromatic N) is 2. The van der Waals surface area contributed by atoms with E-state index in [1.807, 2.05) is 13.8 Å². The summed E-state index contributed by atoms with van der Waals surface area (Å²) in [5.74, 6) is 0. The van der Waals surface area contributed by atoms with Crippen molar-refractivity contribution in [3.63, 3.8) is 0 Å². The van der Waals surface area contributed by atoms with Gasteiger partial charge in [-0.25, -0.2) is 9.59 Å². The molecule has 4 amide bonds. The maximum absolute atomic E-state index is 12.5. The average Bonchev–Trinajstić information content (AvgIpc) is 2.47. The summed E-state index contributed by atoms with van der Waals surface area (Å²) in [6.07, 6.45) is 5.29. The molecule has 0 aromatic rings. The third-order valence-electron chi connectivity index (χ3n) is 2.81. The number of hydrogen-bond acceptors (Lipinski definition) is 5. The molecule has 0 fully saturated rings. The second-order valence-electron chi connectivity index (χ2n) is 4.43. The van der Waals surface area contributed by atoms with Crippen LogP contribution in [-0.4, -0.2) is 54.3 Å². The fourth-order valence-electron chi connectivity index (χ4n) is 1.63. The molecule has 0 aliphatic carbocycles. The Labute approximate surface area is 131 Å². The Morgan fingerprint density at radius 1 is 1.19 bits per heavy atom. The zero-order valence-electron chi connectivity index (χ0n) is 13.3. The van der Waals surface area contributed by atoms with Gasteiger partial charge in [0.15, 0.2) is 0 Å². The van der Waals surface area contributed by atoms with Gasteiger partial charge in [0.05, 0.1) is 7.11 Å². The predicted octanol–water partition coefficient (Wildman–Crippen LogP) is 2.88. The van der Waals surface area contributed by atoms with Crippen LogP contribution in [0.4, 0.5) is 9.59 Å². The van der Waals surface area contributed by atoms with Crippen LogP contribution in [0.25, 0.3) is 0 Å². The number of carbonyl (C=O) groups excluding carboxylic acids is 2. The monoisotopic (exact) mass is 318 g/mol. The van der Waals surface area contributed by atoms with Gasteiger partial charge in [-0.3, -0.25) is 10.1 Å². The van der Waals surface area contributed by atoms with Crippen LogP contribution in [0.2, 0.25) is 0 Å². The van der Waals surface area contributed by atoms with E-state index in [1.165, 1.54) is 7.11 Å². The minimum absolute atomic E-state index is 0.482. The molecule has 0 rings (SSSR count). The van der Waals surface area contributed by atoms with Crippen molar-refractivity contribution in [1.29, 1.82) is 5.41 Å². The summed E-state index contributed by atoms with van der Waals surface area (Å²) < 4.78 is 7.20.